The van der Waals surface area contributed by atoms with Crippen molar-refractivity contribution < 1.29 is 4.42 Å². The largest absolute Gasteiger partial charge is 0.455 e. The molecule has 2 heteroatoms. The molecular weight excluding hydrogens is 679 g/mol. The van der Waals surface area contributed by atoms with Crippen molar-refractivity contribution in [2.45, 2.75) is 0 Å². The maximum absolute atomic E-state index is 6.94. The minimum Gasteiger partial charge on any atom is -0.455 e. The van der Waals surface area contributed by atoms with Gasteiger partial charge in [0.05, 0.1) is 11.0 Å². The first-order chi connectivity index (χ1) is 27.8. The number of hydrogen-bond donors (Lipinski definition) is 0. The maximum atomic E-state index is 6.94. The van der Waals surface area contributed by atoms with Gasteiger partial charge in [0.2, 0.25) is 0 Å². The molecule has 0 saturated carbocycles. The lowest BCUT2D eigenvalue weighted by Gasteiger charge is -2.19. The highest BCUT2D eigenvalue weighted by Crippen LogP contribution is 2.49. The number of hydrogen-bond acceptors (Lipinski definition) is 1. The molecule has 0 aliphatic rings. The van der Waals surface area contributed by atoms with E-state index in [2.05, 4.69) is 205 Å². The van der Waals surface area contributed by atoms with Crippen molar-refractivity contribution in [3.63, 3.8) is 0 Å². The van der Waals surface area contributed by atoms with Crippen LogP contribution in [0.4, 0.5) is 0 Å². The van der Waals surface area contributed by atoms with E-state index in [0.29, 0.717) is 0 Å². The van der Waals surface area contributed by atoms with Gasteiger partial charge in [-0.2, -0.15) is 0 Å². The summed E-state index contributed by atoms with van der Waals surface area (Å²) in [7, 11) is 0. The lowest BCUT2D eigenvalue weighted by molar-refractivity contribution is 0.670. The van der Waals surface area contributed by atoms with Crippen LogP contribution in [0.2, 0.25) is 0 Å². The van der Waals surface area contributed by atoms with Gasteiger partial charge in [-0.25, -0.2) is 0 Å². The molecule has 12 rings (SSSR count). The number of benzene rings is 10. The van der Waals surface area contributed by atoms with Crippen molar-refractivity contribution in [2.75, 3.05) is 0 Å². The predicted octanol–water partition coefficient (Wildman–Crippen LogP) is 15.1. The fraction of sp³-hybridized carbons (Fsp3) is 0. The first kappa shape index (κ1) is 31.0. The first-order valence-corrected chi connectivity index (χ1v) is 19.3. The molecule has 2 aromatic heterocycles. The Morgan fingerprint density at radius 3 is 1.68 bits per heavy atom. The minimum absolute atomic E-state index is 0.886. The molecule has 0 fully saturated rings. The highest BCUT2D eigenvalue weighted by molar-refractivity contribution is 6.27. The zero-order valence-corrected chi connectivity index (χ0v) is 30.4. The SMILES string of the molecule is c1ccc(-n2c3ccccc3c3ccc(-c4ccc(-c5c6ccccc6c(-c6ccc7ccccc7c6)c6ccccc56)c5c4oc4ccccc45)cc32)cc1. The average Bonchev–Trinajstić information content (AvgIpc) is 3.82. The van der Waals surface area contributed by atoms with Gasteiger partial charge in [0.1, 0.15) is 11.2 Å². The van der Waals surface area contributed by atoms with E-state index in [9.17, 15) is 0 Å². The van der Waals surface area contributed by atoms with Gasteiger partial charge >= 0.3 is 0 Å². The second kappa shape index (κ2) is 12.0. The van der Waals surface area contributed by atoms with Crippen LogP contribution in [0.1, 0.15) is 0 Å². The van der Waals surface area contributed by atoms with E-state index in [-0.39, 0.29) is 0 Å². The van der Waals surface area contributed by atoms with E-state index in [1.807, 2.05) is 0 Å². The van der Waals surface area contributed by atoms with Crippen molar-refractivity contribution in [2.24, 2.45) is 0 Å². The summed E-state index contributed by atoms with van der Waals surface area (Å²) in [6.07, 6.45) is 0. The van der Waals surface area contributed by atoms with Crippen LogP contribution in [-0.2, 0) is 0 Å². The number of nitrogens with zero attached hydrogens (tertiary/aromatic N) is 1. The van der Waals surface area contributed by atoms with E-state index < -0.39 is 0 Å². The van der Waals surface area contributed by atoms with Crippen molar-refractivity contribution in [3.05, 3.63) is 200 Å². The molecule has 0 atom stereocenters. The van der Waals surface area contributed by atoms with Gasteiger partial charge in [0.25, 0.3) is 0 Å². The van der Waals surface area contributed by atoms with Crippen LogP contribution < -0.4 is 0 Å². The van der Waals surface area contributed by atoms with Crippen molar-refractivity contribution >= 4 is 76.1 Å². The highest BCUT2D eigenvalue weighted by Gasteiger charge is 2.23. The Hall–Kier alpha value is -7.42. The van der Waals surface area contributed by atoms with Gasteiger partial charge in [-0.05, 0) is 103 Å². The summed E-state index contributed by atoms with van der Waals surface area (Å²) in [5.74, 6) is 0. The molecule has 260 valence electrons. The summed E-state index contributed by atoms with van der Waals surface area (Å²) < 4.78 is 9.32. The lowest BCUT2D eigenvalue weighted by atomic mass is 9.84. The third-order valence-corrected chi connectivity index (χ3v) is 11.8. The summed E-state index contributed by atoms with van der Waals surface area (Å²) in [5.41, 5.74) is 12.4. The Bertz CT molecular complexity index is 3470. The molecule has 10 aromatic carbocycles. The van der Waals surface area contributed by atoms with Gasteiger partial charge in [-0.15, -0.1) is 0 Å². The molecule has 0 unspecified atom stereocenters. The number of aromatic nitrogens is 1. The van der Waals surface area contributed by atoms with E-state index >= 15 is 0 Å². The van der Waals surface area contributed by atoms with Gasteiger partial charge in [-0.1, -0.05) is 158 Å². The Kier molecular flexibility index (Phi) is 6.66. The van der Waals surface area contributed by atoms with Crippen LogP contribution in [0.15, 0.2) is 205 Å². The topological polar surface area (TPSA) is 18.1 Å². The Morgan fingerprint density at radius 1 is 0.339 bits per heavy atom. The normalized spacial score (nSPS) is 11.9. The zero-order chi connectivity index (χ0) is 36.7. The molecule has 0 radical (unpaired) electrons. The molecule has 0 saturated heterocycles. The fourth-order valence-corrected chi connectivity index (χ4v) is 9.33. The first-order valence-electron chi connectivity index (χ1n) is 19.3. The Balaban J connectivity index is 1.15. The van der Waals surface area contributed by atoms with Crippen molar-refractivity contribution in [1.29, 1.82) is 0 Å². The van der Waals surface area contributed by atoms with Crippen LogP contribution in [-0.4, -0.2) is 4.57 Å². The standard InChI is InChI=1S/C54H33NO/c1-2-16-38(17-3-1)55-48-24-12-10-18-40(48)41-29-28-36(33-49(41)55)39-30-31-47(53-46-23-11-13-25-50(46)56-54(39)53)52-44-21-8-6-19-42(44)51(43-20-7-9-22-45(43)52)37-27-26-34-14-4-5-15-35(34)32-37/h1-33H. The summed E-state index contributed by atoms with van der Waals surface area (Å²) in [4.78, 5) is 0. The summed E-state index contributed by atoms with van der Waals surface area (Å²) in [6.45, 7) is 0. The Labute approximate surface area is 323 Å². The third kappa shape index (κ3) is 4.50. The monoisotopic (exact) mass is 711 g/mol. The second-order valence-electron chi connectivity index (χ2n) is 14.8. The van der Waals surface area contributed by atoms with Gasteiger partial charge in [0, 0.05) is 32.8 Å². The molecule has 0 aliphatic heterocycles. The van der Waals surface area contributed by atoms with Gasteiger partial charge in [0.15, 0.2) is 0 Å². The maximum Gasteiger partial charge on any atom is 0.143 e. The second-order valence-corrected chi connectivity index (χ2v) is 14.8. The molecule has 0 bridgehead atoms. The van der Waals surface area contributed by atoms with Crippen molar-refractivity contribution in [3.8, 4) is 39.1 Å². The quantitative estimate of drug-likeness (QED) is 0.166. The number of rotatable bonds is 4. The lowest BCUT2D eigenvalue weighted by Crippen LogP contribution is -1.93. The van der Waals surface area contributed by atoms with Crippen LogP contribution in [0.5, 0.6) is 0 Å². The van der Waals surface area contributed by atoms with Crippen LogP contribution >= 0.6 is 0 Å². The Morgan fingerprint density at radius 2 is 0.911 bits per heavy atom. The average molecular weight is 712 g/mol. The number of para-hydroxylation sites is 3. The number of furan rings is 1. The van der Waals surface area contributed by atoms with Crippen molar-refractivity contribution in [1.82, 2.24) is 4.57 Å². The molecular formula is C54H33NO. The fourth-order valence-electron chi connectivity index (χ4n) is 9.33. The van der Waals surface area contributed by atoms with Crippen LogP contribution in [0.25, 0.3) is 115 Å². The number of fused-ring (bicyclic) bond motifs is 9. The molecule has 0 spiro atoms. The smallest absolute Gasteiger partial charge is 0.143 e. The van der Waals surface area contributed by atoms with E-state index in [1.54, 1.807) is 0 Å². The third-order valence-electron chi connectivity index (χ3n) is 11.8. The van der Waals surface area contributed by atoms with Gasteiger partial charge in [-0.3, -0.25) is 0 Å². The molecule has 2 nitrogen and oxygen atoms in total. The molecule has 0 aliphatic carbocycles. The molecule has 0 amide bonds. The highest BCUT2D eigenvalue weighted by atomic mass is 16.3. The predicted molar refractivity (Wildman–Crippen MR) is 237 cm³/mol. The summed E-state index contributed by atoms with van der Waals surface area (Å²) in [5, 5.41) is 12.1. The van der Waals surface area contributed by atoms with Crippen LogP contribution in [0, 0.1) is 0 Å². The summed E-state index contributed by atoms with van der Waals surface area (Å²) >= 11 is 0. The zero-order valence-electron chi connectivity index (χ0n) is 30.4. The molecule has 0 N–H and O–H groups in total. The van der Waals surface area contributed by atoms with E-state index in [0.717, 1.165) is 38.8 Å². The molecule has 2 heterocycles. The van der Waals surface area contributed by atoms with Gasteiger partial charge < -0.3 is 8.98 Å². The summed E-state index contributed by atoms with van der Waals surface area (Å²) in [6, 6.07) is 72.7. The van der Waals surface area contributed by atoms with Crippen LogP contribution in [0.3, 0.4) is 0 Å². The minimum atomic E-state index is 0.886. The van der Waals surface area contributed by atoms with E-state index in [1.165, 1.54) is 76.4 Å². The van der Waals surface area contributed by atoms with E-state index in [4.69, 9.17) is 4.42 Å². The molecule has 56 heavy (non-hydrogen) atoms. The molecule has 12 aromatic rings.